The summed E-state index contributed by atoms with van der Waals surface area (Å²) in [6.45, 7) is 13.9. The predicted molar refractivity (Wildman–Crippen MR) is 182 cm³/mol. The van der Waals surface area contributed by atoms with E-state index in [1.165, 1.54) is 7.11 Å². The van der Waals surface area contributed by atoms with Gasteiger partial charge in [0.1, 0.15) is 5.69 Å². The first-order chi connectivity index (χ1) is 21.7. The SMILES string of the molecule is COc1c(NC(=O)c2cc3cccc(CN4CCN(C(=O)CN5CCNCC5)CC4)c3n2C)cc(C(C)(C)C)cc1NS(C)(=O)=O. The Labute approximate surface area is 272 Å². The van der Waals surface area contributed by atoms with Gasteiger partial charge in [-0.25, -0.2) is 8.42 Å². The smallest absolute Gasteiger partial charge is 0.272 e. The van der Waals surface area contributed by atoms with E-state index in [9.17, 15) is 18.0 Å². The van der Waals surface area contributed by atoms with Crippen molar-refractivity contribution in [3.63, 3.8) is 0 Å². The highest BCUT2D eigenvalue weighted by molar-refractivity contribution is 7.92. The molecule has 46 heavy (non-hydrogen) atoms. The molecule has 0 radical (unpaired) electrons. The van der Waals surface area contributed by atoms with Crippen LogP contribution in [0.4, 0.5) is 11.4 Å². The number of fused-ring (bicyclic) bond motifs is 1. The van der Waals surface area contributed by atoms with Crippen LogP contribution in [0.3, 0.4) is 0 Å². The molecule has 1 aromatic heterocycles. The molecule has 0 spiro atoms. The van der Waals surface area contributed by atoms with Crippen LogP contribution in [0.5, 0.6) is 5.75 Å². The second-order valence-corrected chi connectivity index (χ2v) is 15.1. The molecule has 2 fully saturated rings. The number of carbonyl (C=O) groups excluding carboxylic acids is 2. The van der Waals surface area contributed by atoms with E-state index in [-0.39, 0.29) is 28.7 Å². The number of carbonyl (C=O) groups is 2. The van der Waals surface area contributed by atoms with Gasteiger partial charge < -0.3 is 24.8 Å². The van der Waals surface area contributed by atoms with Crippen LogP contribution >= 0.6 is 0 Å². The molecule has 0 saturated carbocycles. The molecule has 0 bridgehead atoms. The molecule has 0 aliphatic carbocycles. The molecule has 12 nitrogen and oxygen atoms in total. The van der Waals surface area contributed by atoms with Gasteiger partial charge in [-0.3, -0.25) is 24.1 Å². The van der Waals surface area contributed by atoms with Gasteiger partial charge in [-0.1, -0.05) is 39.0 Å². The largest absolute Gasteiger partial charge is 0.492 e. The van der Waals surface area contributed by atoms with Crippen molar-refractivity contribution in [2.24, 2.45) is 7.05 Å². The van der Waals surface area contributed by atoms with Crippen LogP contribution in [0.2, 0.25) is 0 Å². The van der Waals surface area contributed by atoms with Gasteiger partial charge in [0, 0.05) is 71.3 Å². The first kappa shape index (κ1) is 33.7. The van der Waals surface area contributed by atoms with Crippen LogP contribution in [0.1, 0.15) is 42.4 Å². The molecule has 13 heteroatoms. The number of piperazine rings is 2. The maximum atomic E-state index is 13.8. The van der Waals surface area contributed by atoms with Gasteiger partial charge >= 0.3 is 0 Å². The van der Waals surface area contributed by atoms with Crippen molar-refractivity contribution in [2.75, 3.05) is 82.3 Å². The topological polar surface area (TPSA) is 128 Å². The highest BCUT2D eigenvalue weighted by Crippen LogP contribution is 2.39. The second-order valence-electron chi connectivity index (χ2n) is 13.3. The lowest BCUT2D eigenvalue weighted by Crippen LogP contribution is -2.53. The molecule has 2 saturated heterocycles. The highest BCUT2D eigenvalue weighted by Gasteiger charge is 2.26. The number of methoxy groups -OCH3 is 1. The number of amides is 2. The zero-order chi connectivity index (χ0) is 33.2. The summed E-state index contributed by atoms with van der Waals surface area (Å²) in [5.74, 6) is 0.0957. The molecule has 0 atom stereocenters. The quantitative estimate of drug-likeness (QED) is 0.322. The Morgan fingerprint density at radius 2 is 1.63 bits per heavy atom. The molecule has 2 aliphatic heterocycles. The number of aryl methyl sites for hydroxylation is 1. The number of aromatic nitrogens is 1. The van der Waals surface area contributed by atoms with E-state index >= 15 is 0 Å². The summed E-state index contributed by atoms with van der Waals surface area (Å²) in [4.78, 5) is 33.2. The number of para-hydroxylation sites is 1. The molecule has 3 heterocycles. The molecule has 3 N–H and O–H groups in total. The summed E-state index contributed by atoms with van der Waals surface area (Å²) in [6.07, 6.45) is 1.08. The van der Waals surface area contributed by atoms with E-state index < -0.39 is 10.0 Å². The first-order valence-corrected chi connectivity index (χ1v) is 17.6. The predicted octanol–water partition coefficient (Wildman–Crippen LogP) is 2.66. The number of anilines is 2. The summed E-state index contributed by atoms with van der Waals surface area (Å²) in [7, 11) is -0.272. The Balaban J connectivity index is 1.33. The number of sulfonamides is 1. The molecule has 2 amide bonds. The lowest BCUT2D eigenvalue weighted by Gasteiger charge is -2.36. The van der Waals surface area contributed by atoms with Crippen LogP contribution in [-0.4, -0.2) is 112 Å². The third kappa shape index (κ3) is 7.83. The van der Waals surface area contributed by atoms with Gasteiger partial charge in [-0.15, -0.1) is 0 Å². The fourth-order valence-corrected chi connectivity index (χ4v) is 6.79. The summed E-state index contributed by atoms with van der Waals surface area (Å²) in [5.41, 5.74) is 3.69. The molecule has 2 aliphatic rings. The molecular weight excluding hydrogens is 606 g/mol. The van der Waals surface area contributed by atoms with Gasteiger partial charge in [0.15, 0.2) is 5.75 Å². The Bertz CT molecular complexity index is 1700. The van der Waals surface area contributed by atoms with Gasteiger partial charge in [-0.05, 0) is 34.7 Å². The normalized spacial score (nSPS) is 16.9. The van der Waals surface area contributed by atoms with Gasteiger partial charge in [0.25, 0.3) is 5.91 Å². The highest BCUT2D eigenvalue weighted by atomic mass is 32.2. The lowest BCUT2D eigenvalue weighted by molar-refractivity contribution is -0.134. The van der Waals surface area contributed by atoms with Crippen molar-refractivity contribution >= 4 is 44.1 Å². The summed E-state index contributed by atoms with van der Waals surface area (Å²) in [6, 6.07) is 11.5. The van der Waals surface area contributed by atoms with E-state index in [1.54, 1.807) is 6.07 Å². The summed E-state index contributed by atoms with van der Waals surface area (Å²) < 4.78 is 34.3. The van der Waals surface area contributed by atoms with Crippen molar-refractivity contribution < 1.29 is 22.7 Å². The van der Waals surface area contributed by atoms with Gasteiger partial charge in [-0.2, -0.15) is 0 Å². The zero-order valence-corrected chi connectivity index (χ0v) is 28.6. The number of benzene rings is 2. The van der Waals surface area contributed by atoms with Crippen molar-refractivity contribution in [1.29, 1.82) is 0 Å². The van der Waals surface area contributed by atoms with Crippen LogP contribution < -0.4 is 20.1 Å². The van der Waals surface area contributed by atoms with Crippen molar-refractivity contribution in [3.05, 3.63) is 53.2 Å². The minimum Gasteiger partial charge on any atom is -0.492 e. The van der Waals surface area contributed by atoms with E-state index in [2.05, 4.69) is 31.2 Å². The Morgan fingerprint density at radius 3 is 2.26 bits per heavy atom. The average Bonchev–Trinajstić information content (AvgIpc) is 3.34. The van der Waals surface area contributed by atoms with Crippen molar-refractivity contribution in [3.8, 4) is 5.75 Å². The number of hydrogen-bond donors (Lipinski definition) is 3. The second kappa shape index (κ2) is 13.6. The molecule has 2 aromatic carbocycles. The van der Waals surface area contributed by atoms with Crippen LogP contribution in [0.25, 0.3) is 10.9 Å². The van der Waals surface area contributed by atoms with Crippen LogP contribution in [0.15, 0.2) is 36.4 Å². The molecule has 250 valence electrons. The number of nitrogens with one attached hydrogen (secondary N) is 3. The average molecular weight is 654 g/mol. The lowest BCUT2D eigenvalue weighted by atomic mass is 9.86. The van der Waals surface area contributed by atoms with Crippen molar-refractivity contribution in [2.45, 2.75) is 32.7 Å². The third-order valence-electron chi connectivity index (χ3n) is 8.76. The van der Waals surface area contributed by atoms with E-state index in [4.69, 9.17) is 4.74 Å². The van der Waals surface area contributed by atoms with E-state index in [1.807, 2.05) is 61.6 Å². The van der Waals surface area contributed by atoms with E-state index in [0.717, 1.165) is 67.6 Å². The number of ether oxygens (including phenoxy) is 1. The van der Waals surface area contributed by atoms with Gasteiger partial charge in [0.05, 0.1) is 36.8 Å². The van der Waals surface area contributed by atoms with Crippen LogP contribution in [0, 0.1) is 0 Å². The Kier molecular flexibility index (Phi) is 9.97. The molecule has 5 rings (SSSR count). The first-order valence-electron chi connectivity index (χ1n) is 15.8. The molecular formula is C33H47N7O5S. The molecule has 3 aromatic rings. The monoisotopic (exact) mass is 653 g/mol. The summed E-state index contributed by atoms with van der Waals surface area (Å²) in [5, 5.41) is 7.27. The zero-order valence-electron chi connectivity index (χ0n) is 27.8. The van der Waals surface area contributed by atoms with Crippen LogP contribution in [-0.2, 0) is 33.8 Å². The van der Waals surface area contributed by atoms with Gasteiger partial charge in [0.2, 0.25) is 15.9 Å². The van der Waals surface area contributed by atoms with E-state index in [0.29, 0.717) is 37.6 Å². The number of nitrogens with zero attached hydrogens (tertiary/aromatic N) is 4. The third-order valence-corrected chi connectivity index (χ3v) is 9.35. The minimum absolute atomic E-state index is 0.200. The maximum Gasteiger partial charge on any atom is 0.272 e. The molecule has 0 unspecified atom stereocenters. The Morgan fingerprint density at radius 1 is 0.957 bits per heavy atom. The minimum atomic E-state index is -3.60. The summed E-state index contributed by atoms with van der Waals surface area (Å²) >= 11 is 0. The van der Waals surface area contributed by atoms with Crippen molar-refractivity contribution in [1.82, 2.24) is 24.6 Å². The fraction of sp³-hybridized carbons (Fsp3) is 0.515. The number of hydrogen-bond acceptors (Lipinski definition) is 8. The Hall–Kier alpha value is -3.65. The maximum absolute atomic E-state index is 13.8. The number of rotatable bonds is 9. The fourth-order valence-electron chi connectivity index (χ4n) is 6.24. The standard InChI is InChI=1S/C33H47N7O5S/c1-33(2,3)25-19-26(31(45-5)27(20-25)36-46(6,43)44)35-32(42)28-18-23-8-7-9-24(30(23)37(28)4)21-39-14-16-40(17-15-39)29(41)22-38-12-10-34-11-13-38/h7-9,18-20,34,36H,10-17,21-22H2,1-6H3,(H,35,42).